The number of hydrogen-bond acceptors (Lipinski definition) is 3. The van der Waals surface area contributed by atoms with Crippen molar-refractivity contribution in [2.45, 2.75) is 12.3 Å². The summed E-state index contributed by atoms with van der Waals surface area (Å²) in [6, 6.07) is 0. The van der Waals surface area contributed by atoms with Crippen LogP contribution in [-0.4, -0.2) is 25.5 Å². The highest BCUT2D eigenvalue weighted by Crippen LogP contribution is 2.36. The number of carbonyl (C=O) groups excluding carboxylic acids is 1. The summed E-state index contributed by atoms with van der Waals surface area (Å²) in [5, 5.41) is 11.2. The minimum Gasteiger partial charge on any atom is -0.311 e. The minimum atomic E-state index is 0.0231. The van der Waals surface area contributed by atoms with Crippen LogP contribution in [0.3, 0.4) is 0 Å². The largest absolute Gasteiger partial charge is 0.311 e. The van der Waals surface area contributed by atoms with Crippen LogP contribution in [0, 0.1) is 0 Å². The van der Waals surface area contributed by atoms with Crippen LogP contribution in [0.1, 0.15) is 23.5 Å². The number of amides is 1. The van der Waals surface area contributed by atoms with Gasteiger partial charge in [0, 0.05) is 38.2 Å². The molecule has 6 nitrogen and oxygen atoms in total. The van der Waals surface area contributed by atoms with Crippen LogP contribution >= 0.6 is 0 Å². The molecule has 88 valence electrons. The van der Waals surface area contributed by atoms with Crippen LogP contribution in [0.15, 0.2) is 18.6 Å². The number of nitrogens with zero attached hydrogens (tertiary/aromatic N) is 4. The Balaban J connectivity index is 2.09. The number of aromatic nitrogens is 4. The van der Waals surface area contributed by atoms with Crippen molar-refractivity contribution in [2.75, 3.05) is 5.32 Å². The fraction of sp³-hybridized carbons (Fsp3) is 0.364. The maximum Gasteiger partial charge on any atom is 0.226 e. The molecule has 1 unspecified atom stereocenters. The lowest BCUT2D eigenvalue weighted by Gasteiger charge is -2.21. The van der Waals surface area contributed by atoms with E-state index in [-0.39, 0.29) is 11.8 Å². The maximum absolute atomic E-state index is 11.7. The second kappa shape index (κ2) is 3.44. The highest BCUT2D eigenvalue weighted by molar-refractivity contribution is 5.94. The Kier molecular flexibility index (Phi) is 2.04. The first-order valence-electron chi connectivity index (χ1n) is 5.45. The van der Waals surface area contributed by atoms with E-state index in [4.69, 9.17) is 0 Å². The number of anilines is 1. The minimum absolute atomic E-state index is 0.0231. The Morgan fingerprint density at radius 1 is 1.35 bits per heavy atom. The first-order chi connectivity index (χ1) is 8.15. The summed E-state index contributed by atoms with van der Waals surface area (Å²) in [6.07, 6.45) is 6.01. The van der Waals surface area contributed by atoms with Crippen LogP contribution in [0.5, 0.6) is 0 Å². The summed E-state index contributed by atoms with van der Waals surface area (Å²) >= 11 is 0. The number of nitrogens with one attached hydrogen (secondary N) is 1. The average molecular weight is 231 g/mol. The van der Waals surface area contributed by atoms with Crippen LogP contribution in [0.2, 0.25) is 0 Å². The molecular formula is C11H13N5O. The van der Waals surface area contributed by atoms with Crippen LogP contribution in [0.25, 0.3) is 0 Å². The van der Waals surface area contributed by atoms with Crippen LogP contribution < -0.4 is 5.32 Å². The van der Waals surface area contributed by atoms with Gasteiger partial charge in [-0.05, 0) is 5.56 Å². The highest BCUT2D eigenvalue weighted by Gasteiger charge is 2.29. The molecule has 3 heterocycles. The molecule has 2 aromatic heterocycles. The predicted molar refractivity (Wildman–Crippen MR) is 61.5 cm³/mol. The lowest BCUT2D eigenvalue weighted by Crippen LogP contribution is -2.24. The number of rotatable bonds is 1. The number of carbonyl (C=O) groups is 1. The summed E-state index contributed by atoms with van der Waals surface area (Å²) < 4.78 is 3.44. The molecule has 0 saturated heterocycles. The Morgan fingerprint density at radius 3 is 2.88 bits per heavy atom. The van der Waals surface area contributed by atoms with Gasteiger partial charge < -0.3 is 5.32 Å². The Bertz CT molecular complexity index is 582. The molecule has 1 aliphatic heterocycles. The zero-order chi connectivity index (χ0) is 12.0. The zero-order valence-electron chi connectivity index (χ0n) is 9.71. The third kappa shape index (κ3) is 1.52. The Labute approximate surface area is 98.2 Å². The van der Waals surface area contributed by atoms with Crippen molar-refractivity contribution in [3.63, 3.8) is 0 Å². The summed E-state index contributed by atoms with van der Waals surface area (Å²) in [7, 11) is 3.70. The third-order valence-electron chi connectivity index (χ3n) is 3.12. The smallest absolute Gasteiger partial charge is 0.226 e. The fourth-order valence-electron chi connectivity index (χ4n) is 2.26. The Morgan fingerprint density at radius 2 is 2.18 bits per heavy atom. The van der Waals surface area contributed by atoms with Crippen molar-refractivity contribution < 1.29 is 4.79 Å². The van der Waals surface area contributed by atoms with Gasteiger partial charge in [-0.1, -0.05) is 0 Å². The summed E-state index contributed by atoms with van der Waals surface area (Å²) in [5.74, 6) is 0.867. The first-order valence-corrected chi connectivity index (χ1v) is 5.45. The van der Waals surface area contributed by atoms with Crippen molar-refractivity contribution in [3.05, 3.63) is 29.7 Å². The van der Waals surface area contributed by atoms with Gasteiger partial charge in [0.25, 0.3) is 0 Å². The van der Waals surface area contributed by atoms with Gasteiger partial charge in [-0.3, -0.25) is 14.2 Å². The Hall–Kier alpha value is -2.11. The van der Waals surface area contributed by atoms with Crippen molar-refractivity contribution >= 4 is 11.7 Å². The molecule has 0 bridgehead atoms. The summed E-state index contributed by atoms with van der Waals surface area (Å²) in [5.41, 5.74) is 2.11. The number of aryl methyl sites for hydroxylation is 2. The van der Waals surface area contributed by atoms with Gasteiger partial charge in [0.2, 0.25) is 5.91 Å². The second-order valence-electron chi connectivity index (χ2n) is 4.32. The van der Waals surface area contributed by atoms with E-state index in [2.05, 4.69) is 15.5 Å². The van der Waals surface area contributed by atoms with Gasteiger partial charge >= 0.3 is 0 Å². The van der Waals surface area contributed by atoms with Gasteiger partial charge in [0.05, 0.1) is 12.4 Å². The van der Waals surface area contributed by atoms with E-state index in [0.717, 1.165) is 16.9 Å². The molecule has 1 atom stereocenters. The lowest BCUT2D eigenvalue weighted by molar-refractivity contribution is -0.116. The second-order valence-corrected chi connectivity index (χ2v) is 4.32. The molecule has 1 N–H and O–H groups in total. The van der Waals surface area contributed by atoms with Gasteiger partial charge in [0.15, 0.2) is 0 Å². The zero-order valence-corrected chi connectivity index (χ0v) is 9.71. The molecule has 1 amide bonds. The van der Waals surface area contributed by atoms with E-state index in [1.54, 1.807) is 15.6 Å². The van der Waals surface area contributed by atoms with Crippen molar-refractivity contribution in [3.8, 4) is 0 Å². The number of fused-ring (bicyclic) bond motifs is 1. The highest BCUT2D eigenvalue weighted by atomic mass is 16.1. The molecule has 0 saturated carbocycles. The predicted octanol–water partition coefficient (Wildman–Crippen LogP) is 0.628. The normalized spacial score (nSPS) is 18.9. The van der Waals surface area contributed by atoms with E-state index in [1.165, 1.54) is 0 Å². The average Bonchev–Trinajstić information content (AvgIpc) is 2.86. The van der Waals surface area contributed by atoms with Gasteiger partial charge in [-0.15, -0.1) is 0 Å². The first kappa shape index (κ1) is 10.1. The van der Waals surface area contributed by atoms with Crippen molar-refractivity contribution in [1.29, 1.82) is 0 Å². The molecular weight excluding hydrogens is 218 g/mol. The van der Waals surface area contributed by atoms with E-state index in [9.17, 15) is 4.79 Å². The van der Waals surface area contributed by atoms with Gasteiger partial charge in [-0.2, -0.15) is 10.2 Å². The molecule has 1 aliphatic rings. The molecule has 17 heavy (non-hydrogen) atoms. The van der Waals surface area contributed by atoms with E-state index in [1.807, 2.05) is 26.5 Å². The summed E-state index contributed by atoms with van der Waals surface area (Å²) in [4.78, 5) is 11.7. The van der Waals surface area contributed by atoms with Crippen LogP contribution in [-0.2, 0) is 18.9 Å². The molecule has 6 heteroatoms. The molecule has 3 rings (SSSR count). The standard InChI is InChI=1S/C11H13N5O/c1-15-6-7(4-12-15)8-3-10(17)14-11-9(8)5-13-16(11)2/h4-6,8H,3H2,1-2H3,(H,14,17). The van der Waals surface area contributed by atoms with Gasteiger partial charge in [-0.25, -0.2) is 0 Å². The van der Waals surface area contributed by atoms with E-state index < -0.39 is 0 Å². The molecule has 0 aliphatic carbocycles. The van der Waals surface area contributed by atoms with Gasteiger partial charge in [0.1, 0.15) is 5.82 Å². The maximum atomic E-state index is 11.7. The molecule has 0 fully saturated rings. The van der Waals surface area contributed by atoms with Crippen molar-refractivity contribution in [2.24, 2.45) is 14.1 Å². The molecule has 0 radical (unpaired) electrons. The van der Waals surface area contributed by atoms with Crippen molar-refractivity contribution in [1.82, 2.24) is 19.6 Å². The van der Waals surface area contributed by atoms with E-state index in [0.29, 0.717) is 6.42 Å². The van der Waals surface area contributed by atoms with E-state index >= 15 is 0 Å². The third-order valence-corrected chi connectivity index (χ3v) is 3.12. The molecule has 2 aromatic rings. The summed E-state index contributed by atoms with van der Waals surface area (Å²) in [6.45, 7) is 0. The SMILES string of the molecule is Cn1cc(C2CC(=O)Nc3c2cnn3C)cn1. The molecule has 0 spiro atoms. The fourth-order valence-corrected chi connectivity index (χ4v) is 2.26. The molecule has 0 aromatic carbocycles. The monoisotopic (exact) mass is 231 g/mol. The quantitative estimate of drug-likeness (QED) is 0.782. The topological polar surface area (TPSA) is 64.7 Å². The lowest BCUT2D eigenvalue weighted by atomic mass is 9.89. The van der Waals surface area contributed by atoms with Crippen LogP contribution in [0.4, 0.5) is 5.82 Å². The number of hydrogen-bond donors (Lipinski definition) is 1.